The summed E-state index contributed by atoms with van der Waals surface area (Å²) < 4.78 is 6.77. The zero-order valence-corrected chi connectivity index (χ0v) is 16.7. The zero-order valence-electron chi connectivity index (χ0n) is 13.5. The minimum atomic E-state index is -2.72. The fourth-order valence-electron chi connectivity index (χ4n) is 3.86. The van der Waals surface area contributed by atoms with Crippen molar-refractivity contribution in [3.63, 3.8) is 0 Å². The molecule has 0 fully saturated rings. The van der Waals surface area contributed by atoms with E-state index in [2.05, 4.69) is 73.2 Å². The van der Waals surface area contributed by atoms with Gasteiger partial charge in [-0.3, -0.25) is 0 Å². The Morgan fingerprint density at radius 1 is 0.783 bits per heavy atom. The third kappa shape index (κ3) is 2.35. The molecule has 0 N–H and O–H groups in total. The topological polar surface area (TPSA) is 0 Å². The van der Waals surface area contributed by atoms with Crippen LogP contribution in [-0.4, -0.2) is 0 Å². The second kappa shape index (κ2) is 6.18. The molecule has 23 heavy (non-hydrogen) atoms. The Hall–Kier alpha value is -0.926. The van der Waals surface area contributed by atoms with E-state index in [4.69, 9.17) is 0 Å². The number of hydrogen-bond donors (Lipinski definition) is 0. The maximum absolute atomic E-state index is 2.72. The Morgan fingerprint density at radius 2 is 1.26 bits per heavy atom. The van der Waals surface area contributed by atoms with E-state index in [9.17, 15) is 0 Å². The van der Waals surface area contributed by atoms with E-state index in [1.165, 1.54) is 11.1 Å². The van der Waals surface area contributed by atoms with Crippen LogP contribution >= 0.6 is 22.7 Å². The van der Waals surface area contributed by atoms with Crippen molar-refractivity contribution in [3.8, 4) is 0 Å². The number of hydrogen-bond acceptors (Lipinski definition) is 2. The fraction of sp³-hybridized carbons (Fsp3) is 0.200. The summed E-state index contributed by atoms with van der Waals surface area (Å²) in [7, 11) is 0. The molecule has 0 nitrogen and oxygen atoms in total. The minimum absolute atomic E-state index is 1.13. The van der Waals surface area contributed by atoms with Gasteiger partial charge >= 0.3 is 151 Å². The van der Waals surface area contributed by atoms with Crippen molar-refractivity contribution < 1.29 is 16.6 Å². The van der Waals surface area contributed by atoms with Crippen LogP contribution in [0.5, 0.6) is 0 Å². The Bertz CT molecular complexity index is 786. The van der Waals surface area contributed by atoms with Crippen LogP contribution in [0.15, 0.2) is 67.1 Å². The van der Waals surface area contributed by atoms with Crippen LogP contribution in [0.4, 0.5) is 0 Å². The first kappa shape index (κ1) is 15.6. The molecular weight excluding hydrogens is 352 g/mol. The van der Waals surface area contributed by atoms with Gasteiger partial charge in [-0.05, 0) is 0 Å². The second-order valence-electron chi connectivity index (χ2n) is 6.26. The molecule has 0 saturated heterocycles. The molecule has 0 unspecified atom stereocenters. The first-order chi connectivity index (χ1) is 11.2. The van der Waals surface area contributed by atoms with Gasteiger partial charge in [0.2, 0.25) is 0 Å². The van der Waals surface area contributed by atoms with E-state index < -0.39 is 16.6 Å². The van der Waals surface area contributed by atoms with Gasteiger partial charge in [-0.15, -0.1) is 0 Å². The van der Waals surface area contributed by atoms with Crippen LogP contribution in [0.2, 0.25) is 0 Å². The summed E-state index contributed by atoms with van der Waals surface area (Å²) in [4.78, 5) is 0. The van der Waals surface area contributed by atoms with Crippen molar-refractivity contribution in [2.45, 2.75) is 26.7 Å². The third-order valence-corrected chi connectivity index (χ3v) is 17.7. The molecule has 0 aliphatic heterocycles. The average molecular weight is 372 g/mol. The molecule has 2 heterocycles. The number of rotatable bonds is 4. The van der Waals surface area contributed by atoms with Crippen molar-refractivity contribution in [2.24, 2.45) is 0 Å². The van der Waals surface area contributed by atoms with Crippen LogP contribution in [0.1, 0.15) is 24.0 Å². The van der Waals surface area contributed by atoms with Crippen LogP contribution < -0.4 is 6.36 Å². The predicted molar refractivity (Wildman–Crippen MR) is 101 cm³/mol. The summed E-state index contributed by atoms with van der Waals surface area (Å²) >= 11 is 1.26. The predicted octanol–water partition coefficient (Wildman–Crippen LogP) is 5.22. The van der Waals surface area contributed by atoms with Gasteiger partial charge in [0.1, 0.15) is 0 Å². The molecule has 0 spiro atoms. The number of aryl methyl sites for hydroxylation is 2. The molecule has 0 saturated carbocycles. The van der Waals surface area contributed by atoms with E-state index in [0.29, 0.717) is 0 Å². The Labute approximate surface area is 149 Å². The maximum atomic E-state index is 2.43. The van der Waals surface area contributed by atoms with Crippen molar-refractivity contribution >= 4 is 29.0 Å². The summed E-state index contributed by atoms with van der Waals surface area (Å²) in [6.45, 7) is 4.61. The summed E-state index contributed by atoms with van der Waals surface area (Å²) in [5.74, 6) is 0. The fourth-order valence-corrected chi connectivity index (χ4v) is 18.4. The number of thiophene rings is 2. The molecule has 2 aliphatic carbocycles. The Morgan fingerprint density at radius 3 is 1.57 bits per heavy atom. The number of allylic oxidation sites excluding steroid dienone is 8. The summed E-state index contributed by atoms with van der Waals surface area (Å²) in [5.41, 5.74) is 2.98. The molecule has 3 heteroatoms. The van der Waals surface area contributed by atoms with Crippen LogP contribution in [0.25, 0.3) is 0 Å². The normalized spacial score (nSPS) is 17.0. The quantitative estimate of drug-likeness (QED) is 0.646. The molecule has 0 amide bonds. The molecule has 0 bridgehead atoms. The van der Waals surface area contributed by atoms with E-state index in [-0.39, 0.29) is 0 Å². The standard InChI is InChI=1S/2C5H5S.2C5H5.Ti/c2*1-5-2-3-6-4-5;2*1-2-4-5-3-1;/h2*2-3H,1H3;2*1-3H,4H2;. The molecule has 2 aliphatic rings. The van der Waals surface area contributed by atoms with Crippen molar-refractivity contribution in [2.75, 3.05) is 0 Å². The molecule has 0 radical (unpaired) electrons. The van der Waals surface area contributed by atoms with Gasteiger partial charge in [0, 0.05) is 0 Å². The third-order valence-electron chi connectivity index (χ3n) is 4.91. The SMILES string of the molecule is Cc1ccs[c]1[Ti]([C]1=CC=CC1)([C]1=CC=CC1)[c]1sccc1C. The van der Waals surface area contributed by atoms with Gasteiger partial charge in [0.15, 0.2) is 0 Å². The Balaban J connectivity index is 2.06. The molecule has 4 rings (SSSR count). The van der Waals surface area contributed by atoms with Crippen LogP contribution in [0, 0.1) is 13.8 Å². The first-order valence-electron chi connectivity index (χ1n) is 8.06. The molecule has 0 atom stereocenters. The van der Waals surface area contributed by atoms with Gasteiger partial charge < -0.3 is 0 Å². The molecule has 2 aromatic heterocycles. The van der Waals surface area contributed by atoms with E-state index in [1.54, 1.807) is 14.1 Å². The molecule has 116 valence electrons. The summed E-state index contributed by atoms with van der Waals surface area (Å²) in [6, 6.07) is 4.63. The molecular formula is C20H20S2Ti. The van der Waals surface area contributed by atoms with Gasteiger partial charge in [-0.25, -0.2) is 0 Å². The van der Waals surface area contributed by atoms with Crippen molar-refractivity contribution in [3.05, 3.63) is 78.2 Å². The average Bonchev–Trinajstić information content (AvgIpc) is 3.31. The van der Waals surface area contributed by atoms with E-state index in [0.717, 1.165) is 12.8 Å². The van der Waals surface area contributed by atoms with E-state index in [1.807, 2.05) is 22.7 Å². The summed E-state index contributed by atoms with van der Waals surface area (Å²) in [5, 5.41) is 4.58. The first-order valence-corrected chi connectivity index (χ1v) is 12.9. The van der Waals surface area contributed by atoms with Crippen LogP contribution in [-0.2, 0) is 16.6 Å². The van der Waals surface area contributed by atoms with Crippen molar-refractivity contribution in [1.29, 1.82) is 0 Å². The molecule has 2 aromatic rings. The van der Waals surface area contributed by atoms with Crippen LogP contribution in [0.3, 0.4) is 0 Å². The van der Waals surface area contributed by atoms with Gasteiger partial charge in [-0.2, -0.15) is 0 Å². The van der Waals surface area contributed by atoms with Gasteiger partial charge in [-0.1, -0.05) is 0 Å². The summed E-state index contributed by atoms with van der Waals surface area (Å²) in [6.07, 6.45) is 16.3. The van der Waals surface area contributed by atoms with E-state index >= 15 is 0 Å². The zero-order chi connectivity index (χ0) is 15.9. The van der Waals surface area contributed by atoms with Gasteiger partial charge in [0.05, 0.1) is 0 Å². The Kier molecular flexibility index (Phi) is 4.19. The monoisotopic (exact) mass is 372 g/mol. The second-order valence-corrected chi connectivity index (χ2v) is 15.1. The molecule has 0 aromatic carbocycles. The van der Waals surface area contributed by atoms with Gasteiger partial charge in [0.25, 0.3) is 0 Å². The van der Waals surface area contributed by atoms with Crippen molar-refractivity contribution in [1.82, 2.24) is 0 Å².